The van der Waals surface area contributed by atoms with Gasteiger partial charge in [0.1, 0.15) is 48.6 Å². The van der Waals surface area contributed by atoms with E-state index in [1.165, 1.54) is 10.9 Å². The molecule has 2 aromatic rings. The Kier molecular flexibility index (Phi) is 12.8. The molecular weight excluding hydrogens is 823 g/mol. The van der Waals surface area contributed by atoms with Crippen molar-refractivity contribution in [2.45, 2.75) is 89.6 Å². The van der Waals surface area contributed by atoms with Crippen LogP contribution in [0.15, 0.2) is 12.7 Å². The molecule has 0 amide bonds. The summed E-state index contributed by atoms with van der Waals surface area (Å²) < 4.78 is 82.5. The largest absolute Gasteiger partial charge is 0.481 e. The number of carbonyl (C=O) groups excluding carboxylic acids is 5. The van der Waals surface area contributed by atoms with Crippen molar-refractivity contribution in [2.24, 2.45) is 11.8 Å². The van der Waals surface area contributed by atoms with Gasteiger partial charge in [-0.15, -0.1) is 0 Å². The topological polar surface area (TPSA) is 325 Å². The van der Waals surface area contributed by atoms with Crippen LogP contribution in [0, 0.1) is 11.8 Å². The van der Waals surface area contributed by atoms with Gasteiger partial charge >= 0.3 is 44.4 Å². The number of fused-ring (bicyclic) bond motifs is 2. The Bertz CT molecular complexity index is 1980. The Morgan fingerprint density at radius 1 is 1.02 bits per heavy atom. The summed E-state index contributed by atoms with van der Waals surface area (Å²) in [7, 11) is -5.64. The van der Waals surface area contributed by atoms with Gasteiger partial charge in [0.05, 0.1) is 12.9 Å². The van der Waals surface area contributed by atoms with Crippen LogP contribution in [-0.4, -0.2) is 126 Å². The maximum atomic E-state index is 15.2. The van der Waals surface area contributed by atoms with E-state index in [4.69, 9.17) is 64.1 Å². The van der Waals surface area contributed by atoms with Gasteiger partial charge in [-0.2, -0.15) is 0 Å². The zero-order valence-electron chi connectivity index (χ0n) is 29.8. The Hall–Kier alpha value is -3.81. The first-order chi connectivity index (χ1) is 26.1. The summed E-state index contributed by atoms with van der Waals surface area (Å²) in [6, 6.07) is 0. The van der Waals surface area contributed by atoms with Crippen LogP contribution in [0.25, 0.3) is 11.2 Å². The lowest BCUT2D eigenvalue weighted by molar-refractivity contribution is -0.426. The SMILES string of the molecule is CC(=O)OC[C@@H](OC(C)=O)C1[C@@H](OC(C)=O)C(OC(C)=O)C2[C@H](OP(=O)(O)OP(O)(=S)OC[C@H]3O[C@@H](n4cnc5c(N)ncnc54)C(O)C3F)OC21OC(C)=O. The number of esters is 5. The molecule has 5 N–H and O–H groups in total. The molecule has 28 heteroatoms. The molecule has 24 nitrogen and oxygen atoms in total. The molecule has 0 bridgehead atoms. The minimum atomic E-state index is -5.64. The third kappa shape index (κ3) is 9.15. The Morgan fingerprint density at radius 2 is 1.68 bits per heavy atom. The van der Waals surface area contributed by atoms with Crippen LogP contribution in [0.4, 0.5) is 10.2 Å². The van der Waals surface area contributed by atoms with Crippen LogP contribution >= 0.6 is 14.5 Å². The van der Waals surface area contributed by atoms with Crippen LogP contribution in [0.2, 0.25) is 0 Å². The highest BCUT2D eigenvalue weighted by Gasteiger charge is 2.79. The Balaban J connectivity index is 1.35. The average molecular weight is 860 g/mol. The number of anilines is 1. The summed E-state index contributed by atoms with van der Waals surface area (Å²) in [5, 5.41) is 10.6. The average Bonchev–Trinajstić information content (AvgIpc) is 3.65. The predicted octanol–water partition coefficient (Wildman–Crippen LogP) is -0.408. The van der Waals surface area contributed by atoms with E-state index < -0.39 is 124 Å². The number of hydrogen-bond donors (Lipinski definition) is 4. The second-order valence-corrected chi connectivity index (χ2v) is 16.8. The van der Waals surface area contributed by atoms with Crippen LogP contribution in [-0.2, 0) is 86.9 Å². The molecule has 8 unspecified atom stereocenters. The van der Waals surface area contributed by atoms with Crippen molar-refractivity contribution in [1.29, 1.82) is 0 Å². The highest BCUT2D eigenvalue weighted by molar-refractivity contribution is 8.08. The lowest BCUT2D eigenvalue weighted by atomic mass is 9.85. The summed E-state index contributed by atoms with van der Waals surface area (Å²) in [6.45, 7) is -1.71. The maximum absolute atomic E-state index is 15.2. The minimum absolute atomic E-state index is 0.000349. The molecule has 1 saturated carbocycles. The lowest BCUT2D eigenvalue weighted by Crippen LogP contribution is -2.67. The van der Waals surface area contributed by atoms with E-state index >= 15 is 4.39 Å². The minimum Gasteiger partial charge on any atom is -0.462 e. The second-order valence-electron chi connectivity index (χ2n) is 12.5. The van der Waals surface area contributed by atoms with Crippen LogP contribution in [0.3, 0.4) is 0 Å². The molecular formula is C28H36FN5O19P2S. The van der Waals surface area contributed by atoms with Crippen molar-refractivity contribution in [3.8, 4) is 0 Å². The molecule has 2 aromatic heterocycles. The van der Waals surface area contributed by atoms with Gasteiger partial charge in [-0.3, -0.25) is 33.1 Å². The fourth-order valence-corrected chi connectivity index (χ4v) is 9.70. The summed E-state index contributed by atoms with van der Waals surface area (Å²) >= 11 is 4.85. The van der Waals surface area contributed by atoms with Crippen LogP contribution in [0.5, 0.6) is 0 Å². The van der Waals surface area contributed by atoms with E-state index in [9.17, 15) is 43.4 Å². The van der Waals surface area contributed by atoms with E-state index in [0.29, 0.717) is 0 Å². The van der Waals surface area contributed by atoms with Crippen molar-refractivity contribution < 1.29 is 94.3 Å². The summed E-state index contributed by atoms with van der Waals surface area (Å²) in [5.74, 6) is -10.6. The number of imidazole rings is 1. The fraction of sp³-hybridized carbons (Fsp3) is 0.643. The molecule has 2 aliphatic heterocycles. The highest BCUT2D eigenvalue weighted by Crippen LogP contribution is 2.66. The number of aromatic nitrogens is 4. The van der Waals surface area contributed by atoms with E-state index in [0.717, 1.165) is 40.9 Å². The van der Waals surface area contributed by atoms with Crippen LogP contribution < -0.4 is 5.73 Å². The normalized spacial score (nSPS) is 32.2. The van der Waals surface area contributed by atoms with E-state index in [-0.39, 0.29) is 17.0 Å². The van der Waals surface area contributed by atoms with E-state index in [1.54, 1.807) is 0 Å². The van der Waals surface area contributed by atoms with Gasteiger partial charge in [0.25, 0.3) is 0 Å². The molecule has 5 rings (SSSR count). The first-order valence-corrected chi connectivity index (χ1v) is 20.3. The van der Waals surface area contributed by atoms with Gasteiger partial charge in [0.2, 0.25) is 5.79 Å². The molecule has 2 saturated heterocycles. The number of nitrogen functional groups attached to an aromatic ring is 1. The zero-order chi connectivity index (χ0) is 41.5. The van der Waals surface area contributed by atoms with Gasteiger partial charge < -0.3 is 58.3 Å². The molecule has 4 heterocycles. The first-order valence-electron chi connectivity index (χ1n) is 16.2. The van der Waals surface area contributed by atoms with Gasteiger partial charge in [-0.1, -0.05) is 0 Å². The number of aliphatic hydroxyl groups is 1. The van der Waals surface area contributed by atoms with Crippen LogP contribution in [0.1, 0.15) is 40.8 Å². The molecule has 3 fully saturated rings. The van der Waals surface area contributed by atoms with Gasteiger partial charge in [-0.25, -0.2) is 28.2 Å². The summed E-state index contributed by atoms with van der Waals surface area (Å²) in [6.07, 6.45) is -11.9. The molecule has 0 aromatic carbocycles. The van der Waals surface area contributed by atoms with Gasteiger partial charge in [0, 0.05) is 34.6 Å². The maximum Gasteiger partial charge on any atom is 0.481 e. The molecule has 0 spiro atoms. The number of nitrogens with two attached hydrogens (primary N) is 1. The second kappa shape index (κ2) is 16.6. The number of phosphoric ester groups is 1. The van der Waals surface area contributed by atoms with Gasteiger partial charge in [-0.05, 0) is 11.8 Å². The molecule has 1 aliphatic carbocycles. The zero-order valence-corrected chi connectivity index (χ0v) is 32.4. The summed E-state index contributed by atoms with van der Waals surface area (Å²) in [4.78, 5) is 94.2. The number of ether oxygens (including phenoxy) is 7. The quantitative estimate of drug-likeness (QED) is 0.100. The number of nitrogens with zero attached hydrogens (tertiary/aromatic N) is 4. The molecule has 0 radical (unpaired) electrons. The smallest absolute Gasteiger partial charge is 0.462 e. The Morgan fingerprint density at radius 3 is 2.29 bits per heavy atom. The number of aliphatic hydroxyl groups excluding tert-OH is 1. The monoisotopic (exact) mass is 859 g/mol. The lowest BCUT2D eigenvalue weighted by Gasteiger charge is -2.52. The molecule has 56 heavy (non-hydrogen) atoms. The van der Waals surface area contributed by atoms with Gasteiger partial charge in [0.15, 0.2) is 42.4 Å². The fourth-order valence-electron chi connectivity index (χ4n) is 6.60. The van der Waals surface area contributed by atoms with Crippen molar-refractivity contribution in [1.82, 2.24) is 19.5 Å². The molecule has 310 valence electrons. The van der Waals surface area contributed by atoms with E-state index in [2.05, 4.69) is 15.0 Å². The standard InChI is InChI=1S/C28H36FN5O19P2S/c1-10(35)44-6-15(46-11(2)36)17-22(47-12(3)37)23(48-13(4)38)18-27(51-28(17,18)50-14(5)39)52-54(41,42)53-55(43,56)45-7-16-19(29)21(40)26(49-16)34-9-33-20-24(30)31-8-32-25(20)34/h8-9,15-19,21-23,26-27,40H,6-7H2,1-5H3,(H,41,42)(H,43,56)(H2,30,31,32)/t15-,16-,17?,18?,19?,21?,22-,23?,26-,27+,28?,55?/m1/s1. The number of phosphoric acid groups is 1. The third-order valence-corrected chi connectivity index (χ3v) is 11.9. The first kappa shape index (κ1) is 43.3. The number of halogens is 1. The third-order valence-electron chi connectivity index (χ3n) is 8.43. The number of hydrogen-bond acceptors (Lipinski definition) is 22. The highest BCUT2D eigenvalue weighted by atomic mass is 32.5. The number of alkyl halides is 1. The molecule has 3 aliphatic rings. The number of rotatable bonds is 15. The van der Waals surface area contributed by atoms with E-state index in [1.807, 2.05) is 0 Å². The Labute approximate surface area is 319 Å². The summed E-state index contributed by atoms with van der Waals surface area (Å²) in [5.41, 5.74) is 6.01. The van der Waals surface area contributed by atoms with Crippen molar-refractivity contribution in [3.63, 3.8) is 0 Å². The van der Waals surface area contributed by atoms with Crippen molar-refractivity contribution in [2.75, 3.05) is 18.9 Å². The molecule has 13 atom stereocenters. The predicted molar refractivity (Wildman–Crippen MR) is 179 cm³/mol. The van der Waals surface area contributed by atoms with Crippen molar-refractivity contribution in [3.05, 3.63) is 12.7 Å². The number of carbonyl (C=O) groups is 5. The van der Waals surface area contributed by atoms with Crippen molar-refractivity contribution >= 4 is 73.2 Å².